The molecule has 1 aliphatic carbocycles. The van der Waals surface area contributed by atoms with Gasteiger partial charge in [0.05, 0.1) is 23.3 Å². The van der Waals surface area contributed by atoms with Crippen LogP contribution in [-0.2, 0) is 16.9 Å². The Hall–Kier alpha value is -4.43. The van der Waals surface area contributed by atoms with Crippen LogP contribution in [0, 0.1) is 17.1 Å². The van der Waals surface area contributed by atoms with E-state index in [1.807, 2.05) is 6.07 Å². The number of hydrogen-bond acceptors (Lipinski definition) is 8. The third kappa shape index (κ3) is 3.22. The summed E-state index contributed by atoms with van der Waals surface area (Å²) in [6.07, 6.45) is 6.54. The first-order chi connectivity index (χ1) is 17.6. The zero-order valence-corrected chi connectivity index (χ0v) is 19.3. The summed E-state index contributed by atoms with van der Waals surface area (Å²) in [7, 11) is 1.62. The highest BCUT2D eigenvalue weighted by Crippen LogP contribution is 2.41. The molecule has 1 aliphatic rings. The monoisotopic (exact) mass is 485 g/mol. The first kappa shape index (κ1) is 22.1. The molecular formula is C25H20FN7O3. The predicted molar refractivity (Wildman–Crippen MR) is 125 cm³/mol. The molecule has 0 radical (unpaired) electrons. The van der Waals surface area contributed by atoms with E-state index in [-0.39, 0.29) is 34.7 Å². The number of fused-ring (bicyclic) bond motifs is 3. The molecule has 4 aromatic heterocycles. The lowest BCUT2D eigenvalue weighted by Gasteiger charge is -2.21. The van der Waals surface area contributed by atoms with Gasteiger partial charge in [0.1, 0.15) is 40.6 Å². The first-order valence-corrected chi connectivity index (χ1v) is 11.5. The average Bonchev–Trinajstić information content (AvgIpc) is 3.66. The van der Waals surface area contributed by atoms with E-state index in [1.165, 1.54) is 27.4 Å². The lowest BCUT2D eigenvalue weighted by Crippen LogP contribution is -2.25. The van der Waals surface area contributed by atoms with Crippen molar-refractivity contribution in [3.8, 4) is 17.6 Å². The summed E-state index contributed by atoms with van der Waals surface area (Å²) in [6.45, 7) is 0.0275. The van der Waals surface area contributed by atoms with E-state index in [4.69, 9.17) is 9.26 Å². The molecular weight excluding hydrogens is 465 g/mol. The highest BCUT2D eigenvalue weighted by Gasteiger charge is 2.41. The van der Waals surface area contributed by atoms with Gasteiger partial charge in [-0.2, -0.15) is 10.2 Å². The third-order valence-corrected chi connectivity index (χ3v) is 6.84. The normalized spacial score (nSPS) is 15.0. The van der Waals surface area contributed by atoms with E-state index < -0.39 is 17.0 Å². The Labute approximate surface area is 203 Å². The summed E-state index contributed by atoms with van der Waals surface area (Å²) in [6, 6.07) is 9.91. The molecule has 0 saturated heterocycles. The summed E-state index contributed by atoms with van der Waals surface area (Å²) in [5, 5.41) is 13.8. The second kappa shape index (κ2) is 8.35. The second-order valence-electron chi connectivity index (χ2n) is 8.75. The van der Waals surface area contributed by atoms with Crippen LogP contribution in [0.1, 0.15) is 42.8 Å². The van der Waals surface area contributed by atoms with E-state index in [9.17, 15) is 14.4 Å². The molecule has 0 spiro atoms. The van der Waals surface area contributed by atoms with Crippen molar-refractivity contribution in [1.82, 2.24) is 29.1 Å². The fourth-order valence-corrected chi connectivity index (χ4v) is 5.02. The van der Waals surface area contributed by atoms with Crippen LogP contribution in [-0.4, -0.2) is 36.2 Å². The first-order valence-electron chi connectivity index (χ1n) is 11.5. The largest absolute Gasteiger partial charge is 0.368 e. The van der Waals surface area contributed by atoms with Crippen LogP contribution in [0.25, 0.3) is 28.1 Å². The smallest absolute Gasteiger partial charge is 0.278 e. The molecule has 0 aliphatic heterocycles. The summed E-state index contributed by atoms with van der Waals surface area (Å²) in [5.74, 6) is -0.218. The van der Waals surface area contributed by atoms with Gasteiger partial charge in [-0.05, 0) is 49.9 Å². The molecule has 0 N–H and O–H groups in total. The van der Waals surface area contributed by atoms with Gasteiger partial charge in [0.25, 0.3) is 11.4 Å². The molecule has 180 valence electrons. The second-order valence-corrected chi connectivity index (χ2v) is 8.75. The fraction of sp³-hybridized carbons (Fsp3) is 0.280. The summed E-state index contributed by atoms with van der Waals surface area (Å²) >= 11 is 0. The van der Waals surface area contributed by atoms with Gasteiger partial charge in [-0.25, -0.2) is 9.37 Å². The lowest BCUT2D eigenvalue weighted by molar-refractivity contribution is -0.0342. The number of nitrogens with zero attached hydrogens (tertiary/aromatic N) is 7. The van der Waals surface area contributed by atoms with Gasteiger partial charge in [-0.15, -0.1) is 0 Å². The average molecular weight is 485 g/mol. The van der Waals surface area contributed by atoms with Crippen molar-refractivity contribution in [3.63, 3.8) is 0 Å². The molecule has 5 aromatic rings. The number of nitriles is 1. The zero-order valence-electron chi connectivity index (χ0n) is 19.3. The zero-order chi connectivity index (χ0) is 24.9. The Balaban J connectivity index is 1.61. The van der Waals surface area contributed by atoms with E-state index in [0.29, 0.717) is 17.1 Å². The van der Waals surface area contributed by atoms with Gasteiger partial charge < -0.3 is 9.26 Å². The highest BCUT2D eigenvalue weighted by molar-refractivity contribution is 5.87. The Morgan fingerprint density at radius 3 is 2.75 bits per heavy atom. The number of methoxy groups -OCH3 is 1. The molecule has 1 saturated carbocycles. The number of imidazole rings is 1. The van der Waals surface area contributed by atoms with Gasteiger partial charge in [-0.1, -0.05) is 11.2 Å². The molecule has 11 heteroatoms. The number of hydrogen-bond donors (Lipinski definition) is 0. The van der Waals surface area contributed by atoms with Gasteiger partial charge >= 0.3 is 0 Å². The summed E-state index contributed by atoms with van der Waals surface area (Å²) in [5.41, 5.74) is 0.195. The highest BCUT2D eigenvalue weighted by atomic mass is 19.1. The van der Waals surface area contributed by atoms with Crippen LogP contribution < -0.4 is 5.56 Å². The van der Waals surface area contributed by atoms with Crippen molar-refractivity contribution in [3.05, 3.63) is 76.2 Å². The van der Waals surface area contributed by atoms with Gasteiger partial charge in [0.2, 0.25) is 5.82 Å². The SMILES string of the molecule is COC1(c2nc(-c3ncn4c3c(=O)n(Cc3ccccn3)c3c(C#N)c(F)ccc34)no2)CCCC1. The quantitative estimate of drug-likeness (QED) is 0.370. The van der Waals surface area contributed by atoms with Crippen LogP contribution in [0.5, 0.6) is 0 Å². The standard InChI is InChI=1S/C25H20FN7O3/c1-35-25(9-3-4-10-25)24-30-22(31-36-24)19-21-23(34)32(13-15-6-2-5-11-28-15)20-16(12-27)17(26)7-8-18(20)33(21)14-29-19/h2,5-8,11,14H,3-4,9-10,13H2,1H3. The van der Waals surface area contributed by atoms with Crippen LogP contribution in [0.3, 0.4) is 0 Å². The molecule has 4 heterocycles. The summed E-state index contributed by atoms with van der Waals surface area (Å²) < 4.78 is 28.8. The fourth-order valence-electron chi connectivity index (χ4n) is 5.02. The number of ether oxygens (including phenoxy) is 1. The number of pyridine rings is 1. The van der Waals surface area contributed by atoms with Crippen molar-refractivity contribution in [2.45, 2.75) is 37.8 Å². The van der Waals surface area contributed by atoms with Crippen LogP contribution >= 0.6 is 0 Å². The minimum absolute atomic E-state index is 0.0275. The number of halogens is 1. The predicted octanol–water partition coefficient (Wildman–Crippen LogP) is 3.57. The molecule has 6 rings (SSSR count). The van der Waals surface area contributed by atoms with E-state index in [2.05, 4.69) is 20.1 Å². The number of aromatic nitrogens is 6. The molecule has 10 nitrogen and oxygen atoms in total. The molecule has 0 bridgehead atoms. The number of benzene rings is 1. The molecule has 0 unspecified atom stereocenters. The van der Waals surface area contributed by atoms with Crippen LogP contribution in [0.2, 0.25) is 0 Å². The molecule has 1 fully saturated rings. The molecule has 0 atom stereocenters. The van der Waals surface area contributed by atoms with Crippen molar-refractivity contribution < 1.29 is 13.7 Å². The molecule has 1 aromatic carbocycles. The van der Waals surface area contributed by atoms with Crippen LogP contribution in [0.15, 0.2) is 52.2 Å². The van der Waals surface area contributed by atoms with E-state index >= 15 is 0 Å². The van der Waals surface area contributed by atoms with Crippen molar-refractivity contribution in [2.75, 3.05) is 7.11 Å². The Morgan fingerprint density at radius 2 is 2.03 bits per heavy atom. The maximum absolute atomic E-state index is 14.6. The Morgan fingerprint density at radius 1 is 1.19 bits per heavy atom. The summed E-state index contributed by atoms with van der Waals surface area (Å²) in [4.78, 5) is 27.2. The van der Waals surface area contributed by atoms with Crippen LogP contribution in [0.4, 0.5) is 4.39 Å². The minimum atomic E-state index is -0.719. The van der Waals surface area contributed by atoms with Gasteiger partial charge in [0.15, 0.2) is 0 Å². The van der Waals surface area contributed by atoms with Gasteiger partial charge in [-0.3, -0.25) is 18.7 Å². The minimum Gasteiger partial charge on any atom is -0.368 e. The maximum Gasteiger partial charge on any atom is 0.278 e. The Bertz CT molecular complexity index is 1710. The van der Waals surface area contributed by atoms with E-state index in [1.54, 1.807) is 31.5 Å². The van der Waals surface area contributed by atoms with E-state index in [0.717, 1.165) is 25.7 Å². The third-order valence-electron chi connectivity index (χ3n) is 6.84. The maximum atomic E-state index is 14.6. The molecule has 0 amide bonds. The topological polar surface area (TPSA) is 124 Å². The number of rotatable bonds is 5. The Kier molecular flexibility index (Phi) is 5.12. The van der Waals surface area contributed by atoms with Crippen molar-refractivity contribution in [2.24, 2.45) is 0 Å². The van der Waals surface area contributed by atoms with Crippen molar-refractivity contribution >= 4 is 16.6 Å². The van der Waals surface area contributed by atoms with Gasteiger partial charge in [0, 0.05) is 13.3 Å². The van der Waals surface area contributed by atoms with Crippen molar-refractivity contribution in [1.29, 1.82) is 5.26 Å². The molecule has 36 heavy (non-hydrogen) atoms. The lowest BCUT2D eigenvalue weighted by atomic mass is 10.0.